The molecular weight excluding hydrogens is 447 g/mol. The number of aliphatic hydroxyl groups is 1. The van der Waals surface area contributed by atoms with Crippen molar-refractivity contribution in [2.24, 2.45) is 0 Å². The number of rotatable bonds is 11. The van der Waals surface area contributed by atoms with Crippen LogP contribution in [0.1, 0.15) is 12.8 Å². The molecule has 2 heterocycles. The maximum absolute atomic E-state index is 14.9. The summed E-state index contributed by atoms with van der Waals surface area (Å²) in [6.07, 6.45) is -4.87. The lowest BCUT2D eigenvalue weighted by Crippen LogP contribution is -2.32. The Morgan fingerprint density at radius 1 is 1.24 bits per heavy atom. The Balaban J connectivity index is 1.55. The molecule has 184 valence electrons. The number of hydrogen-bond donors (Lipinski definition) is 1. The average molecular weight is 475 g/mol. The normalized spacial score (nSPS) is 19.8. The largest absolute Gasteiger partial charge is 0.444 e. The summed E-state index contributed by atoms with van der Waals surface area (Å²) >= 11 is 0. The van der Waals surface area contributed by atoms with Crippen LogP contribution in [-0.4, -0.2) is 93.7 Å². The summed E-state index contributed by atoms with van der Waals surface area (Å²) in [5.74, 6) is -1.71. The number of carbonyl (C=O) groups excluding carboxylic acids is 2. The van der Waals surface area contributed by atoms with Crippen molar-refractivity contribution < 1.29 is 42.2 Å². The van der Waals surface area contributed by atoms with Crippen LogP contribution in [0.3, 0.4) is 0 Å². The zero-order valence-electron chi connectivity index (χ0n) is 18.1. The topological polar surface area (TPSA) is 91.8 Å². The molecule has 0 unspecified atom stereocenters. The van der Waals surface area contributed by atoms with E-state index < -0.39 is 36.6 Å². The Kier molecular flexibility index (Phi) is 9.30. The first-order valence-corrected chi connectivity index (χ1v) is 10.8. The monoisotopic (exact) mass is 475 g/mol. The highest BCUT2D eigenvalue weighted by Gasteiger charge is 2.33. The molecule has 33 heavy (non-hydrogen) atoms. The number of amides is 1. The Hall–Kier alpha value is -2.41. The van der Waals surface area contributed by atoms with E-state index in [0.29, 0.717) is 45.1 Å². The zero-order valence-corrected chi connectivity index (χ0v) is 18.1. The van der Waals surface area contributed by atoms with Gasteiger partial charge in [0.2, 0.25) is 0 Å². The number of halogens is 3. The lowest BCUT2D eigenvalue weighted by Gasteiger charge is -2.24. The van der Waals surface area contributed by atoms with E-state index in [0.717, 1.165) is 0 Å². The summed E-state index contributed by atoms with van der Waals surface area (Å²) in [5, 5.41) is 10.5. The summed E-state index contributed by atoms with van der Waals surface area (Å²) in [4.78, 5) is 32.0. The van der Waals surface area contributed by atoms with Crippen molar-refractivity contribution in [1.29, 1.82) is 0 Å². The maximum Gasteiger partial charge on any atom is 0.414 e. The van der Waals surface area contributed by atoms with E-state index in [4.69, 9.17) is 19.4 Å². The number of anilines is 2. The van der Waals surface area contributed by atoms with E-state index in [1.165, 1.54) is 11.0 Å². The molecule has 12 heteroatoms. The van der Waals surface area contributed by atoms with Gasteiger partial charge in [-0.25, -0.2) is 18.0 Å². The van der Waals surface area contributed by atoms with Crippen LogP contribution in [-0.2, 0) is 19.1 Å². The summed E-state index contributed by atoms with van der Waals surface area (Å²) in [6.45, 7) is 3.08. The average Bonchev–Trinajstić information content (AvgIpc) is 3.00. The fraction of sp³-hybridized carbons (Fsp3) is 0.619. The van der Waals surface area contributed by atoms with E-state index in [2.05, 4.69) is 0 Å². The molecule has 9 nitrogen and oxygen atoms in total. The number of hydrogen-bond acceptors (Lipinski definition) is 8. The first kappa shape index (κ1) is 25.2. The number of carbonyl (C=O) groups is 2. The first-order chi connectivity index (χ1) is 15.9. The number of ether oxygens (including phenoxy) is 2. The molecule has 0 aliphatic carbocycles. The third kappa shape index (κ3) is 7.03. The molecule has 0 radical (unpaired) electrons. The van der Waals surface area contributed by atoms with Gasteiger partial charge in [0, 0.05) is 32.6 Å². The number of Topliss-reactive ketones (excluding diaryl/α,β-unsaturated/α-hetero) is 1. The van der Waals surface area contributed by atoms with Crippen molar-refractivity contribution in [2.45, 2.75) is 25.4 Å². The van der Waals surface area contributed by atoms with E-state index in [-0.39, 0.29) is 31.9 Å². The minimum Gasteiger partial charge on any atom is -0.444 e. The van der Waals surface area contributed by atoms with Gasteiger partial charge in [-0.15, -0.1) is 0 Å². The van der Waals surface area contributed by atoms with Crippen LogP contribution < -0.4 is 9.80 Å². The summed E-state index contributed by atoms with van der Waals surface area (Å²) in [6, 6.07) is 4.40. The molecule has 2 aliphatic rings. The SMILES string of the molecule is O=C(CC[C@H]1CN(c2ccc(N3CCON(CCOCCO)CC3)c(F)c2)C(=O)O1)C(F)F. The Labute approximate surface area is 189 Å². The van der Waals surface area contributed by atoms with Crippen LogP contribution in [0.15, 0.2) is 18.2 Å². The van der Waals surface area contributed by atoms with Gasteiger partial charge in [-0.05, 0) is 24.6 Å². The predicted octanol–water partition coefficient (Wildman–Crippen LogP) is 1.83. The number of benzene rings is 1. The minimum absolute atomic E-state index is 0.0126. The van der Waals surface area contributed by atoms with E-state index in [1.807, 2.05) is 4.90 Å². The van der Waals surface area contributed by atoms with Crippen LogP contribution in [0.25, 0.3) is 0 Å². The van der Waals surface area contributed by atoms with Gasteiger partial charge in [-0.3, -0.25) is 14.5 Å². The summed E-state index contributed by atoms with van der Waals surface area (Å²) < 4.78 is 50.0. The molecule has 2 saturated heterocycles. The maximum atomic E-state index is 14.9. The second kappa shape index (κ2) is 12.2. The van der Waals surface area contributed by atoms with Crippen molar-refractivity contribution >= 4 is 23.3 Å². The highest BCUT2D eigenvalue weighted by Crippen LogP contribution is 2.29. The van der Waals surface area contributed by atoms with E-state index in [1.54, 1.807) is 17.2 Å². The van der Waals surface area contributed by atoms with Gasteiger partial charge in [0.15, 0.2) is 5.78 Å². The van der Waals surface area contributed by atoms with Crippen molar-refractivity contribution in [1.82, 2.24) is 5.06 Å². The third-order valence-corrected chi connectivity index (χ3v) is 5.39. The Bertz CT molecular complexity index is 815. The molecular formula is C21H28F3N3O6. The third-order valence-electron chi connectivity index (χ3n) is 5.39. The lowest BCUT2D eigenvalue weighted by atomic mass is 10.1. The number of ketones is 1. The Morgan fingerprint density at radius 2 is 2.06 bits per heavy atom. The number of cyclic esters (lactones) is 1. The van der Waals surface area contributed by atoms with E-state index in [9.17, 15) is 22.8 Å². The number of nitrogens with zero attached hydrogens (tertiary/aromatic N) is 3. The highest BCUT2D eigenvalue weighted by atomic mass is 19.3. The molecule has 1 aromatic rings. The van der Waals surface area contributed by atoms with Crippen LogP contribution in [0.2, 0.25) is 0 Å². The molecule has 2 fully saturated rings. The lowest BCUT2D eigenvalue weighted by molar-refractivity contribution is -0.156. The summed E-state index contributed by atoms with van der Waals surface area (Å²) in [5.41, 5.74) is 0.657. The van der Waals surface area contributed by atoms with Gasteiger partial charge in [0.05, 0.1) is 44.3 Å². The van der Waals surface area contributed by atoms with Gasteiger partial charge in [0.1, 0.15) is 11.9 Å². The number of hydroxylamine groups is 2. The standard InChI is InChI=1S/C21H28F3N3O6/c22-17-13-15(27-14-16(33-21(27)30)2-4-19(29)20(23)24)1-3-18(17)25-5-6-26(32-11-7-25)8-10-31-12-9-28/h1,3,13,16,20,28H,2,4-12,14H2/t16-/m0/s1. The van der Waals surface area contributed by atoms with Gasteiger partial charge in [0.25, 0.3) is 6.43 Å². The number of alkyl halides is 2. The van der Waals surface area contributed by atoms with Crippen LogP contribution in [0.4, 0.5) is 29.3 Å². The fourth-order valence-corrected chi connectivity index (χ4v) is 3.65. The van der Waals surface area contributed by atoms with Crippen molar-refractivity contribution in [3.05, 3.63) is 24.0 Å². The van der Waals surface area contributed by atoms with Crippen LogP contribution >= 0.6 is 0 Å². The van der Waals surface area contributed by atoms with Crippen molar-refractivity contribution in [3.8, 4) is 0 Å². The van der Waals surface area contributed by atoms with Crippen LogP contribution in [0, 0.1) is 5.82 Å². The van der Waals surface area contributed by atoms with E-state index >= 15 is 0 Å². The molecule has 0 spiro atoms. The second-order valence-corrected chi connectivity index (χ2v) is 7.64. The molecule has 1 amide bonds. The van der Waals surface area contributed by atoms with Crippen molar-refractivity contribution in [2.75, 3.05) is 69.0 Å². The van der Waals surface area contributed by atoms with Gasteiger partial charge in [-0.1, -0.05) is 0 Å². The van der Waals surface area contributed by atoms with Gasteiger partial charge >= 0.3 is 6.09 Å². The molecule has 3 rings (SSSR count). The minimum atomic E-state index is -3.05. The Morgan fingerprint density at radius 3 is 2.79 bits per heavy atom. The predicted molar refractivity (Wildman–Crippen MR) is 112 cm³/mol. The molecule has 1 N–H and O–H groups in total. The van der Waals surface area contributed by atoms with Gasteiger partial charge in [-0.2, -0.15) is 5.06 Å². The van der Waals surface area contributed by atoms with Crippen molar-refractivity contribution in [3.63, 3.8) is 0 Å². The molecule has 2 aliphatic heterocycles. The zero-order chi connectivity index (χ0) is 23.8. The molecule has 1 atom stereocenters. The number of aliphatic hydroxyl groups excluding tert-OH is 1. The second-order valence-electron chi connectivity index (χ2n) is 7.64. The van der Waals surface area contributed by atoms with Gasteiger partial charge < -0.3 is 19.5 Å². The first-order valence-electron chi connectivity index (χ1n) is 10.8. The molecule has 0 aromatic heterocycles. The van der Waals surface area contributed by atoms with Crippen LogP contribution in [0.5, 0.6) is 0 Å². The fourth-order valence-electron chi connectivity index (χ4n) is 3.65. The smallest absolute Gasteiger partial charge is 0.414 e. The summed E-state index contributed by atoms with van der Waals surface area (Å²) in [7, 11) is 0. The molecule has 1 aromatic carbocycles. The highest BCUT2D eigenvalue weighted by molar-refractivity contribution is 5.90. The molecule has 0 bridgehead atoms. The molecule has 0 saturated carbocycles. The quantitative estimate of drug-likeness (QED) is 0.485.